The van der Waals surface area contributed by atoms with Gasteiger partial charge in [0.1, 0.15) is 6.61 Å². The first-order valence-corrected chi connectivity index (χ1v) is 10.2. The van der Waals surface area contributed by atoms with Crippen LogP contribution in [0.15, 0.2) is 0 Å². The molecule has 2 heterocycles. The summed E-state index contributed by atoms with van der Waals surface area (Å²) in [5, 5.41) is 10.00. The lowest BCUT2D eigenvalue weighted by Gasteiger charge is -2.57. The molecule has 2 rings (SSSR count). The molecule has 0 amide bonds. The van der Waals surface area contributed by atoms with Crippen molar-refractivity contribution in [3.8, 4) is 11.8 Å². The van der Waals surface area contributed by atoms with Crippen LogP contribution in [0, 0.1) is 38.9 Å². The Kier molecular flexibility index (Phi) is 6.32. The van der Waals surface area contributed by atoms with Crippen molar-refractivity contribution in [1.82, 2.24) is 0 Å². The molecule has 0 aromatic rings. The van der Waals surface area contributed by atoms with Crippen molar-refractivity contribution in [3.05, 3.63) is 0 Å². The van der Waals surface area contributed by atoms with E-state index in [0.29, 0.717) is 32.8 Å². The monoisotopic (exact) mass is 394 g/mol. The zero-order valence-corrected chi connectivity index (χ0v) is 18.9. The standard InChI is InChI=1S/C23H38O5/c1-19(2,3)22(13-26-14-22)15-28-18(25)9-10-21(7,8)11-17-23(12-24,16-27-17)20(4,5)6/h17,24H,11-16H2,1-8H3. The number of hydrogen-bond acceptors (Lipinski definition) is 5. The maximum absolute atomic E-state index is 12.2. The van der Waals surface area contributed by atoms with Gasteiger partial charge in [0, 0.05) is 16.8 Å². The number of carbonyl (C=O) groups excluding carboxylic acids is 1. The third-order valence-corrected chi connectivity index (χ3v) is 6.96. The van der Waals surface area contributed by atoms with E-state index in [1.807, 2.05) is 13.8 Å². The molecule has 0 saturated carbocycles. The van der Waals surface area contributed by atoms with Crippen molar-refractivity contribution in [2.75, 3.05) is 33.0 Å². The van der Waals surface area contributed by atoms with Gasteiger partial charge < -0.3 is 19.3 Å². The molecule has 2 saturated heterocycles. The van der Waals surface area contributed by atoms with Gasteiger partial charge in [0.15, 0.2) is 0 Å². The Labute approximate surface area is 170 Å². The van der Waals surface area contributed by atoms with Crippen LogP contribution < -0.4 is 0 Å². The predicted octanol–water partition coefficient (Wildman–Crippen LogP) is 3.44. The zero-order chi connectivity index (χ0) is 21.4. The summed E-state index contributed by atoms with van der Waals surface area (Å²) in [7, 11) is 0. The van der Waals surface area contributed by atoms with Gasteiger partial charge in [-0.25, -0.2) is 4.79 Å². The van der Waals surface area contributed by atoms with Gasteiger partial charge in [0.25, 0.3) is 0 Å². The highest BCUT2D eigenvalue weighted by atomic mass is 16.5. The van der Waals surface area contributed by atoms with E-state index in [2.05, 4.69) is 53.4 Å². The average molecular weight is 395 g/mol. The smallest absolute Gasteiger partial charge is 0.384 e. The van der Waals surface area contributed by atoms with Crippen LogP contribution in [0.5, 0.6) is 0 Å². The minimum absolute atomic E-state index is 0.000370. The molecule has 0 aromatic carbocycles. The highest BCUT2D eigenvalue weighted by Crippen LogP contribution is 2.52. The second-order valence-corrected chi connectivity index (χ2v) is 11.3. The van der Waals surface area contributed by atoms with Gasteiger partial charge in [-0.05, 0) is 31.1 Å². The summed E-state index contributed by atoms with van der Waals surface area (Å²) >= 11 is 0. The first-order valence-electron chi connectivity index (χ1n) is 10.2. The first-order chi connectivity index (χ1) is 12.7. The van der Waals surface area contributed by atoms with E-state index >= 15 is 0 Å². The lowest BCUT2D eigenvalue weighted by molar-refractivity contribution is -0.256. The molecule has 2 fully saturated rings. The number of hydrogen-bond donors (Lipinski definition) is 1. The van der Waals surface area contributed by atoms with Crippen molar-refractivity contribution in [3.63, 3.8) is 0 Å². The topological polar surface area (TPSA) is 65.0 Å². The molecule has 2 aliphatic heterocycles. The van der Waals surface area contributed by atoms with Gasteiger partial charge in [-0.15, -0.1) is 0 Å². The van der Waals surface area contributed by atoms with Gasteiger partial charge in [0.05, 0.1) is 37.9 Å². The maximum atomic E-state index is 12.2. The summed E-state index contributed by atoms with van der Waals surface area (Å²) in [5.41, 5.74) is -0.889. The molecular formula is C23H38O5. The van der Waals surface area contributed by atoms with Crippen LogP contribution in [0.3, 0.4) is 0 Å². The van der Waals surface area contributed by atoms with Crippen LogP contribution in [0.25, 0.3) is 0 Å². The number of rotatable bonds is 5. The molecule has 0 aromatic heterocycles. The van der Waals surface area contributed by atoms with Crippen LogP contribution in [-0.4, -0.2) is 50.2 Å². The molecule has 2 unspecified atom stereocenters. The number of aliphatic hydroxyl groups is 1. The Hall–Kier alpha value is -1.09. The maximum Gasteiger partial charge on any atom is 0.384 e. The molecule has 1 N–H and O–H groups in total. The minimum Gasteiger partial charge on any atom is -0.455 e. The molecule has 160 valence electrons. The Bertz CT molecular complexity index is 633. The lowest BCUT2D eigenvalue weighted by atomic mass is 9.59. The zero-order valence-electron chi connectivity index (χ0n) is 18.9. The van der Waals surface area contributed by atoms with Gasteiger partial charge >= 0.3 is 5.97 Å². The van der Waals surface area contributed by atoms with Crippen LogP contribution in [0.1, 0.15) is 61.8 Å². The summed E-state index contributed by atoms with van der Waals surface area (Å²) in [6, 6.07) is 0. The Morgan fingerprint density at radius 2 is 1.68 bits per heavy atom. The van der Waals surface area contributed by atoms with Gasteiger partial charge in [-0.3, -0.25) is 0 Å². The summed E-state index contributed by atoms with van der Waals surface area (Å²) < 4.78 is 16.6. The van der Waals surface area contributed by atoms with Gasteiger partial charge in [-0.1, -0.05) is 47.5 Å². The predicted molar refractivity (Wildman–Crippen MR) is 109 cm³/mol. The van der Waals surface area contributed by atoms with Crippen LogP contribution >= 0.6 is 0 Å². The van der Waals surface area contributed by atoms with Crippen molar-refractivity contribution in [2.45, 2.75) is 67.9 Å². The fourth-order valence-corrected chi connectivity index (χ4v) is 3.80. The van der Waals surface area contributed by atoms with Crippen molar-refractivity contribution in [1.29, 1.82) is 0 Å². The number of carbonyl (C=O) groups is 1. The molecule has 28 heavy (non-hydrogen) atoms. The molecule has 0 aliphatic carbocycles. The van der Waals surface area contributed by atoms with E-state index in [1.54, 1.807) is 0 Å². The second kappa shape index (κ2) is 7.63. The molecule has 0 radical (unpaired) electrons. The molecule has 5 heteroatoms. The fraction of sp³-hybridized carbons (Fsp3) is 0.870. The first kappa shape index (κ1) is 23.2. The Balaban J connectivity index is 1.96. The molecule has 0 bridgehead atoms. The van der Waals surface area contributed by atoms with E-state index in [1.165, 1.54) is 0 Å². The molecule has 2 atom stereocenters. The summed E-state index contributed by atoms with van der Waals surface area (Å²) in [4.78, 5) is 12.2. The average Bonchev–Trinajstić information content (AvgIpc) is 2.47. The minimum atomic E-state index is -0.498. The van der Waals surface area contributed by atoms with Crippen molar-refractivity contribution < 1.29 is 24.1 Å². The fourth-order valence-electron chi connectivity index (χ4n) is 3.80. The van der Waals surface area contributed by atoms with Crippen LogP contribution in [0.2, 0.25) is 0 Å². The van der Waals surface area contributed by atoms with E-state index in [9.17, 15) is 9.90 Å². The van der Waals surface area contributed by atoms with Crippen LogP contribution in [-0.2, 0) is 19.0 Å². The van der Waals surface area contributed by atoms with E-state index in [-0.39, 0.29) is 34.4 Å². The molecule has 0 spiro atoms. The van der Waals surface area contributed by atoms with Gasteiger partial charge in [0.2, 0.25) is 0 Å². The normalized spacial score (nSPS) is 27.1. The summed E-state index contributed by atoms with van der Waals surface area (Å²) in [5.74, 6) is 5.23. The number of esters is 1. The van der Waals surface area contributed by atoms with Crippen molar-refractivity contribution >= 4 is 5.97 Å². The van der Waals surface area contributed by atoms with Crippen LogP contribution in [0.4, 0.5) is 0 Å². The summed E-state index contributed by atoms with van der Waals surface area (Å²) in [6.07, 6.45) is 0.583. The number of aliphatic hydroxyl groups excluding tert-OH is 1. The van der Waals surface area contributed by atoms with E-state index < -0.39 is 11.4 Å². The Morgan fingerprint density at radius 1 is 1.07 bits per heavy atom. The molecule has 5 nitrogen and oxygen atoms in total. The van der Waals surface area contributed by atoms with E-state index in [0.717, 1.165) is 0 Å². The Morgan fingerprint density at radius 3 is 2.04 bits per heavy atom. The number of ether oxygens (including phenoxy) is 3. The van der Waals surface area contributed by atoms with Gasteiger partial charge in [-0.2, -0.15) is 0 Å². The second-order valence-electron chi connectivity index (χ2n) is 11.3. The SMILES string of the molecule is CC(C)(C#CC(=O)OCC1(C(C)(C)C)COC1)CC1OCC1(CO)C(C)(C)C. The van der Waals surface area contributed by atoms with E-state index in [4.69, 9.17) is 14.2 Å². The summed E-state index contributed by atoms with van der Waals surface area (Å²) in [6.45, 7) is 19.0. The lowest BCUT2D eigenvalue weighted by Crippen LogP contribution is -2.62. The largest absolute Gasteiger partial charge is 0.455 e. The third-order valence-electron chi connectivity index (χ3n) is 6.96. The quantitative estimate of drug-likeness (QED) is 0.440. The van der Waals surface area contributed by atoms with Crippen molar-refractivity contribution in [2.24, 2.45) is 27.1 Å². The third kappa shape index (κ3) is 4.40. The molecule has 2 aliphatic rings. The highest BCUT2D eigenvalue weighted by molar-refractivity contribution is 5.88. The highest BCUT2D eigenvalue weighted by Gasteiger charge is 2.56. The molecular weight excluding hydrogens is 356 g/mol.